The topological polar surface area (TPSA) is 142 Å². The van der Waals surface area contributed by atoms with E-state index in [0.29, 0.717) is 5.57 Å². The highest BCUT2D eigenvalue weighted by Crippen LogP contribution is 2.48. The number of aliphatic carboxylic acids is 1. The zero-order valence-corrected chi connectivity index (χ0v) is 13.2. The SMILES string of the molecule is CCOC1(N=[N+]=[N-])C(=O)N2C(C(=O)O)=C(COC(C)=O)CS[C@@H]21. The monoisotopic (exact) mass is 342 g/mol. The van der Waals surface area contributed by atoms with Crippen molar-refractivity contribution < 1.29 is 29.0 Å². The Morgan fingerprint density at radius 2 is 2.30 bits per heavy atom. The first-order valence-corrected chi connectivity index (χ1v) is 7.68. The summed E-state index contributed by atoms with van der Waals surface area (Å²) in [6, 6.07) is 0. The van der Waals surface area contributed by atoms with Gasteiger partial charge < -0.3 is 14.6 Å². The van der Waals surface area contributed by atoms with Gasteiger partial charge in [0.2, 0.25) is 0 Å². The van der Waals surface area contributed by atoms with E-state index < -0.39 is 28.9 Å². The molecule has 0 radical (unpaired) electrons. The molecule has 0 aliphatic carbocycles. The molecule has 1 amide bonds. The molecular weight excluding hydrogens is 328 g/mol. The van der Waals surface area contributed by atoms with E-state index in [0.717, 1.165) is 4.90 Å². The molecule has 0 aromatic heterocycles. The van der Waals surface area contributed by atoms with Gasteiger partial charge in [0.1, 0.15) is 17.7 Å². The number of β-lactam (4-membered cyclic amide) rings is 1. The third-order valence-electron chi connectivity index (χ3n) is 3.30. The molecule has 11 heteroatoms. The van der Waals surface area contributed by atoms with E-state index in [1.54, 1.807) is 6.92 Å². The molecule has 2 heterocycles. The summed E-state index contributed by atoms with van der Waals surface area (Å²) < 4.78 is 10.1. The number of amides is 1. The first-order chi connectivity index (χ1) is 10.9. The van der Waals surface area contributed by atoms with Crippen molar-refractivity contribution >= 4 is 29.6 Å². The summed E-state index contributed by atoms with van der Waals surface area (Å²) in [6.07, 6.45) is 0. The van der Waals surface area contributed by atoms with Gasteiger partial charge in [0.15, 0.2) is 0 Å². The summed E-state index contributed by atoms with van der Waals surface area (Å²) in [6.45, 7) is 2.75. The minimum Gasteiger partial charge on any atom is -0.477 e. The Bertz CT molecular complexity index is 643. The summed E-state index contributed by atoms with van der Waals surface area (Å²) in [5.74, 6) is -2.41. The number of ether oxygens (including phenoxy) is 2. The van der Waals surface area contributed by atoms with Crippen LogP contribution in [0.5, 0.6) is 0 Å². The van der Waals surface area contributed by atoms with Crippen LogP contribution in [0.25, 0.3) is 10.4 Å². The van der Waals surface area contributed by atoms with Gasteiger partial charge in [-0.15, -0.1) is 11.8 Å². The van der Waals surface area contributed by atoms with Crippen LogP contribution in [0.4, 0.5) is 0 Å². The van der Waals surface area contributed by atoms with Crippen LogP contribution in [0, 0.1) is 0 Å². The summed E-state index contributed by atoms with van der Waals surface area (Å²) in [7, 11) is 0. The molecule has 0 bridgehead atoms. The fourth-order valence-corrected chi connectivity index (χ4v) is 3.78. The maximum atomic E-state index is 12.4. The second-order valence-electron chi connectivity index (χ2n) is 4.69. The molecule has 0 aromatic carbocycles. The van der Waals surface area contributed by atoms with Crippen molar-refractivity contribution in [3.8, 4) is 0 Å². The van der Waals surface area contributed by atoms with Gasteiger partial charge in [-0.25, -0.2) is 4.79 Å². The molecule has 0 saturated carbocycles. The number of fused-ring (bicyclic) bond motifs is 1. The fourth-order valence-electron chi connectivity index (χ4n) is 2.41. The number of azide groups is 1. The molecule has 0 aromatic rings. The lowest BCUT2D eigenvalue weighted by Crippen LogP contribution is -2.73. The van der Waals surface area contributed by atoms with Crippen LogP contribution in [0.15, 0.2) is 16.4 Å². The lowest BCUT2D eigenvalue weighted by atomic mass is 9.99. The van der Waals surface area contributed by atoms with E-state index in [2.05, 4.69) is 10.0 Å². The standard InChI is InChI=1S/C12H14N4O6S/c1-3-22-12(14-15-13)10(20)16-8(9(18)19)7(4-21-6(2)17)5-23-11(12)16/h11H,3-5H2,1-2H3,(H,18,19)/t11-,12?/m1/s1. The lowest BCUT2D eigenvalue weighted by Gasteiger charge is -2.54. The molecular formula is C12H14N4O6S. The van der Waals surface area contributed by atoms with Crippen LogP contribution in [-0.2, 0) is 23.9 Å². The van der Waals surface area contributed by atoms with Gasteiger partial charge in [0, 0.05) is 29.8 Å². The second kappa shape index (κ2) is 6.49. The van der Waals surface area contributed by atoms with Crippen molar-refractivity contribution in [3.63, 3.8) is 0 Å². The van der Waals surface area contributed by atoms with E-state index in [9.17, 15) is 19.5 Å². The van der Waals surface area contributed by atoms with Gasteiger partial charge in [-0.05, 0) is 17.6 Å². The van der Waals surface area contributed by atoms with Gasteiger partial charge >= 0.3 is 11.9 Å². The number of hydrogen-bond donors (Lipinski definition) is 1. The molecule has 2 aliphatic heterocycles. The zero-order chi connectivity index (χ0) is 17.2. The molecule has 124 valence electrons. The summed E-state index contributed by atoms with van der Waals surface area (Å²) >= 11 is 1.19. The third-order valence-corrected chi connectivity index (χ3v) is 4.66. The average Bonchev–Trinajstić information content (AvgIpc) is 2.50. The molecule has 1 unspecified atom stereocenters. The van der Waals surface area contributed by atoms with Gasteiger partial charge in [0.25, 0.3) is 11.6 Å². The number of carbonyl (C=O) groups excluding carboxylic acids is 2. The molecule has 23 heavy (non-hydrogen) atoms. The molecule has 2 atom stereocenters. The first kappa shape index (κ1) is 17.1. The van der Waals surface area contributed by atoms with Gasteiger partial charge in [0.05, 0.1) is 0 Å². The van der Waals surface area contributed by atoms with Crippen molar-refractivity contribution in [1.29, 1.82) is 0 Å². The Balaban J connectivity index is 2.38. The highest BCUT2D eigenvalue weighted by molar-refractivity contribution is 8.00. The lowest BCUT2D eigenvalue weighted by molar-refractivity contribution is -0.187. The van der Waals surface area contributed by atoms with Crippen molar-refractivity contribution in [2.24, 2.45) is 5.11 Å². The number of carbonyl (C=O) groups is 3. The number of thioether (sulfide) groups is 1. The Kier molecular flexibility index (Phi) is 4.83. The zero-order valence-electron chi connectivity index (χ0n) is 12.4. The number of hydrogen-bond acceptors (Lipinski definition) is 7. The number of rotatable bonds is 6. The number of carboxylic acid groups (broad SMARTS) is 1. The predicted octanol–water partition coefficient (Wildman–Crippen LogP) is 0.846. The predicted molar refractivity (Wildman–Crippen MR) is 77.9 cm³/mol. The van der Waals surface area contributed by atoms with Crippen molar-refractivity contribution in [1.82, 2.24) is 4.90 Å². The maximum Gasteiger partial charge on any atom is 0.352 e. The maximum absolute atomic E-state index is 12.4. The molecule has 2 aliphatic rings. The Hall–Kier alpha value is -2.23. The van der Waals surface area contributed by atoms with Crippen LogP contribution in [0.3, 0.4) is 0 Å². The average molecular weight is 342 g/mol. The highest BCUT2D eigenvalue weighted by atomic mass is 32.2. The first-order valence-electron chi connectivity index (χ1n) is 6.63. The number of esters is 1. The quantitative estimate of drug-likeness (QED) is 0.248. The van der Waals surface area contributed by atoms with Gasteiger partial charge in [-0.2, -0.15) is 0 Å². The Morgan fingerprint density at radius 3 is 2.83 bits per heavy atom. The second-order valence-corrected chi connectivity index (χ2v) is 5.76. The van der Waals surface area contributed by atoms with Crippen molar-refractivity contribution in [2.75, 3.05) is 19.0 Å². The minimum atomic E-state index is -1.73. The largest absolute Gasteiger partial charge is 0.477 e. The normalized spacial score (nSPS) is 26.1. The van der Waals surface area contributed by atoms with Crippen LogP contribution < -0.4 is 0 Å². The van der Waals surface area contributed by atoms with Crippen LogP contribution in [0.2, 0.25) is 0 Å². The van der Waals surface area contributed by atoms with E-state index in [1.807, 2.05) is 0 Å². The molecule has 10 nitrogen and oxygen atoms in total. The molecule has 2 rings (SSSR count). The summed E-state index contributed by atoms with van der Waals surface area (Å²) in [5, 5.41) is 12.1. The van der Waals surface area contributed by atoms with Crippen LogP contribution in [-0.4, -0.2) is 57.9 Å². The summed E-state index contributed by atoms with van der Waals surface area (Å²) in [4.78, 5) is 38.5. The van der Waals surface area contributed by atoms with E-state index in [-0.39, 0.29) is 24.7 Å². The molecule has 1 fully saturated rings. The van der Waals surface area contributed by atoms with E-state index >= 15 is 0 Å². The number of nitrogens with zero attached hydrogens (tertiary/aromatic N) is 4. The fraction of sp³-hybridized carbons (Fsp3) is 0.583. The van der Waals surface area contributed by atoms with Gasteiger partial charge in [-0.3, -0.25) is 14.5 Å². The van der Waals surface area contributed by atoms with Gasteiger partial charge in [-0.1, -0.05) is 0 Å². The van der Waals surface area contributed by atoms with Crippen LogP contribution in [0.1, 0.15) is 13.8 Å². The number of carboxylic acids is 1. The molecule has 0 spiro atoms. The third kappa shape index (κ3) is 2.74. The smallest absolute Gasteiger partial charge is 0.352 e. The van der Waals surface area contributed by atoms with E-state index in [4.69, 9.17) is 15.0 Å². The Labute approximate surface area is 135 Å². The van der Waals surface area contributed by atoms with Crippen molar-refractivity contribution in [2.45, 2.75) is 24.9 Å². The Morgan fingerprint density at radius 1 is 1.61 bits per heavy atom. The molecule has 1 N–H and O–H groups in total. The minimum absolute atomic E-state index is 0.127. The van der Waals surface area contributed by atoms with E-state index in [1.165, 1.54) is 18.7 Å². The highest BCUT2D eigenvalue weighted by Gasteiger charge is 2.65. The van der Waals surface area contributed by atoms with Crippen LogP contribution >= 0.6 is 11.8 Å². The molecule has 1 saturated heterocycles. The summed E-state index contributed by atoms with van der Waals surface area (Å²) in [5.41, 5.74) is 6.99. The van der Waals surface area contributed by atoms with Crippen molar-refractivity contribution in [3.05, 3.63) is 21.7 Å².